The van der Waals surface area contributed by atoms with Crippen LogP contribution in [0.2, 0.25) is 0 Å². The molecule has 0 radical (unpaired) electrons. The van der Waals surface area contributed by atoms with E-state index in [0.29, 0.717) is 28.2 Å². The van der Waals surface area contributed by atoms with Crippen molar-refractivity contribution in [3.63, 3.8) is 0 Å². The Morgan fingerprint density at radius 1 is 1.05 bits per heavy atom. The lowest BCUT2D eigenvalue weighted by molar-refractivity contribution is -0.139. The number of hydrogen-bond donors (Lipinski definition) is 1. The van der Waals surface area contributed by atoms with Crippen LogP contribution in [-0.2, 0) is 32.3 Å². The van der Waals surface area contributed by atoms with E-state index in [0.717, 1.165) is 18.4 Å². The highest BCUT2D eigenvalue weighted by molar-refractivity contribution is 7.92. The zero-order valence-corrected chi connectivity index (χ0v) is 22.2. The Balaban J connectivity index is 2.44. The van der Waals surface area contributed by atoms with Gasteiger partial charge in [0.05, 0.1) is 24.6 Å². The van der Waals surface area contributed by atoms with Crippen LogP contribution in [0.5, 0.6) is 5.75 Å². The predicted molar refractivity (Wildman–Crippen MR) is 134 cm³/mol. The molecule has 2 aromatic carbocycles. The first-order chi connectivity index (χ1) is 17.1. The number of halogens is 3. The van der Waals surface area contributed by atoms with Crippen molar-refractivity contribution in [1.82, 2.24) is 10.2 Å². The van der Waals surface area contributed by atoms with Crippen LogP contribution in [0.25, 0.3) is 0 Å². The zero-order valence-electron chi connectivity index (χ0n) is 21.4. The van der Waals surface area contributed by atoms with E-state index in [9.17, 15) is 31.2 Å². The topological polar surface area (TPSA) is 96.0 Å². The smallest absolute Gasteiger partial charge is 0.416 e. The Bertz CT molecular complexity index is 1200. The summed E-state index contributed by atoms with van der Waals surface area (Å²) in [6, 6.07) is 9.50. The first-order valence-corrected chi connectivity index (χ1v) is 13.3. The molecule has 2 aromatic rings. The number of rotatable bonds is 11. The minimum Gasteiger partial charge on any atom is -0.497 e. The van der Waals surface area contributed by atoms with Crippen LogP contribution >= 0.6 is 0 Å². The van der Waals surface area contributed by atoms with Gasteiger partial charge in [0.1, 0.15) is 18.3 Å². The Kier molecular flexibility index (Phi) is 9.96. The number of nitrogens with zero attached hydrogens (tertiary/aromatic N) is 2. The maximum Gasteiger partial charge on any atom is 0.416 e. The molecular formula is C25H32F3N3O5S. The fraction of sp³-hybridized carbons (Fsp3) is 0.440. The van der Waals surface area contributed by atoms with Gasteiger partial charge in [-0.2, -0.15) is 13.2 Å². The third kappa shape index (κ3) is 8.66. The molecule has 37 heavy (non-hydrogen) atoms. The number of ether oxygens (including phenoxy) is 1. The van der Waals surface area contributed by atoms with Gasteiger partial charge in [-0.1, -0.05) is 32.0 Å². The van der Waals surface area contributed by atoms with E-state index < -0.39 is 46.2 Å². The standard InChI is InChI=1S/C25H32F3N3O5S/c1-17(2)14-29-24(33)18(3)30(15-19-8-6-11-22(12-19)36-4)23(32)16-31(37(5,34)35)21-10-7-9-20(13-21)25(26,27)28/h6-13,17-18H,14-16H2,1-5H3,(H,29,33)/t18-/m0/s1. The van der Waals surface area contributed by atoms with Gasteiger partial charge in [-0.25, -0.2) is 8.42 Å². The highest BCUT2D eigenvalue weighted by Gasteiger charge is 2.33. The number of alkyl halides is 3. The van der Waals surface area contributed by atoms with E-state index in [4.69, 9.17) is 4.74 Å². The summed E-state index contributed by atoms with van der Waals surface area (Å²) in [6.07, 6.45) is -3.91. The summed E-state index contributed by atoms with van der Waals surface area (Å²) >= 11 is 0. The van der Waals surface area contributed by atoms with Crippen molar-refractivity contribution >= 4 is 27.5 Å². The number of sulfonamides is 1. The maximum atomic E-state index is 13.5. The number of carbonyl (C=O) groups excluding carboxylic acids is 2. The molecule has 1 N–H and O–H groups in total. The van der Waals surface area contributed by atoms with Crippen molar-refractivity contribution in [2.24, 2.45) is 5.92 Å². The third-order valence-electron chi connectivity index (χ3n) is 5.48. The van der Waals surface area contributed by atoms with E-state index in [-0.39, 0.29) is 18.2 Å². The molecule has 0 spiro atoms. The number of anilines is 1. The number of amides is 2. The van der Waals surface area contributed by atoms with Gasteiger partial charge >= 0.3 is 6.18 Å². The quantitative estimate of drug-likeness (QED) is 0.467. The van der Waals surface area contributed by atoms with Crippen molar-refractivity contribution < 1.29 is 35.9 Å². The fourth-order valence-corrected chi connectivity index (χ4v) is 4.30. The molecule has 0 unspecified atom stereocenters. The van der Waals surface area contributed by atoms with Gasteiger partial charge in [-0.05, 0) is 48.7 Å². The zero-order chi connectivity index (χ0) is 28.0. The van der Waals surface area contributed by atoms with E-state index in [1.807, 2.05) is 13.8 Å². The molecule has 0 aliphatic carbocycles. The first kappa shape index (κ1) is 29.9. The van der Waals surface area contributed by atoms with Gasteiger partial charge < -0.3 is 15.0 Å². The molecule has 1 atom stereocenters. The van der Waals surface area contributed by atoms with Crippen molar-refractivity contribution in [2.45, 2.75) is 39.5 Å². The van der Waals surface area contributed by atoms with Crippen LogP contribution in [0.1, 0.15) is 31.9 Å². The Morgan fingerprint density at radius 3 is 2.27 bits per heavy atom. The van der Waals surface area contributed by atoms with Crippen LogP contribution in [0.15, 0.2) is 48.5 Å². The van der Waals surface area contributed by atoms with Crippen molar-refractivity contribution in [1.29, 1.82) is 0 Å². The van der Waals surface area contributed by atoms with Crippen molar-refractivity contribution in [3.8, 4) is 5.75 Å². The summed E-state index contributed by atoms with van der Waals surface area (Å²) in [5.74, 6) is -0.545. The average Bonchev–Trinajstić information content (AvgIpc) is 2.82. The van der Waals surface area contributed by atoms with E-state index in [2.05, 4.69) is 5.32 Å². The second-order valence-electron chi connectivity index (χ2n) is 9.01. The molecule has 0 aliphatic heterocycles. The Hall–Kier alpha value is -3.28. The molecular weight excluding hydrogens is 511 g/mol. The minimum atomic E-state index is -4.70. The number of carbonyl (C=O) groups is 2. The van der Waals surface area contributed by atoms with Crippen LogP contribution in [0.4, 0.5) is 18.9 Å². The number of benzene rings is 2. The first-order valence-electron chi connectivity index (χ1n) is 11.5. The van der Waals surface area contributed by atoms with Gasteiger partial charge in [0.2, 0.25) is 21.8 Å². The minimum absolute atomic E-state index is 0.0630. The van der Waals surface area contributed by atoms with E-state index in [1.54, 1.807) is 24.3 Å². The maximum absolute atomic E-state index is 13.5. The van der Waals surface area contributed by atoms with Crippen molar-refractivity contribution in [3.05, 3.63) is 59.7 Å². The molecule has 2 amide bonds. The number of methoxy groups -OCH3 is 1. The van der Waals surface area contributed by atoms with Gasteiger partial charge in [0.25, 0.3) is 0 Å². The predicted octanol–water partition coefficient (Wildman–Crippen LogP) is 3.67. The van der Waals surface area contributed by atoms with Crippen LogP contribution < -0.4 is 14.4 Å². The molecule has 12 heteroatoms. The lowest BCUT2D eigenvalue weighted by Crippen LogP contribution is -2.51. The van der Waals surface area contributed by atoms with Gasteiger partial charge in [0, 0.05) is 13.1 Å². The monoisotopic (exact) mass is 543 g/mol. The van der Waals surface area contributed by atoms with Crippen molar-refractivity contribution in [2.75, 3.05) is 30.8 Å². The molecule has 0 saturated heterocycles. The summed E-state index contributed by atoms with van der Waals surface area (Å²) in [5.41, 5.74) is -0.758. The second kappa shape index (κ2) is 12.3. The van der Waals surface area contributed by atoms with E-state index >= 15 is 0 Å². The molecule has 2 rings (SSSR count). The largest absolute Gasteiger partial charge is 0.497 e. The van der Waals surface area contributed by atoms with E-state index in [1.165, 1.54) is 25.0 Å². The van der Waals surface area contributed by atoms with Gasteiger partial charge in [0.15, 0.2) is 0 Å². The Labute approximate surface area is 215 Å². The number of hydrogen-bond acceptors (Lipinski definition) is 5. The lowest BCUT2D eigenvalue weighted by Gasteiger charge is -2.31. The summed E-state index contributed by atoms with van der Waals surface area (Å²) < 4.78 is 70.7. The van der Waals surface area contributed by atoms with Gasteiger partial charge in [-0.15, -0.1) is 0 Å². The molecule has 0 fully saturated rings. The highest BCUT2D eigenvalue weighted by atomic mass is 32.2. The Morgan fingerprint density at radius 2 is 1.70 bits per heavy atom. The SMILES string of the molecule is COc1cccc(CN(C(=O)CN(c2cccc(C(F)(F)F)c2)S(C)(=O)=O)[C@@H](C)C(=O)NCC(C)C)c1. The van der Waals surface area contributed by atoms with Crippen LogP contribution in [0, 0.1) is 5.92 Å². The van der Waals surface area contributed by atoms with Gasteiger partial charge in [-0.3, -0.25) is 13.9 Å². The summed E-state index contributed by atoms with van der Waals surface area (Å²) in [6.45, 7) is 4.82. The average molecular weight is 544 g/mol. The second-order valence-corrected chi connectivity index (χ2v) is 10.9. The fourth-order valence-electron chi connectivity index (χ4n) is 3.45. The molecule has 0 aliphatic rings. The molecule has 0 heterocycles. The summed E-state index contributed by atoms with van der Waals surface area (Å²) in [5, 5.41) is 2.75. The number of nitrogens with one attached hydrogen (secondary N) is 1. The summed E-state index contributed by atoms with van der Waals surface area (Å²) in [4.78, 5) is 27.5. The molecule has 0 bridgehead atoms. The normalized spacial score (nSPS) is 12.7. The third-order valence-corrected chi connectivity index (χ3v) is 6.62. The molecule has 0 aromatic heterocycles. The summed E-state index contributed by atoms with van der Waals surface area (Å²) in [7, 11) is -2.69. The molecule has 0 saturated carbocycles. The molecule has 8 nitrogen and oxygen atoms in total. The lowest BCUT2D eigenvalue weighted by atomic mass is 10.1. The van der Waals surface area contributed by atoms with Crippen LogP contribution in [0.3, 0.4) is 0 Å². The highest BCUT2D eigenvalue weighted by Crippen LogP contribution is 2.32. The van der Waals surface area contributed by atoms with Crippen LogP contribution in [-0.4, -0.2) is 57.6 Å². The molecule has 204 valence electrons.